The lowest BCUT2D eigenvalue weighted by Gasteiger charge is -2.18. The van der Waals surface area contributed by atoms with Gasteiger partial charge in [0.15, 0.2) is 5.69 Å². The molecule has 0 unspecified atom stereocenters. The van der Waals surface area contributed by atoms with E-state index in [-0.39, 0.29) is 17.3 Å². The predicted octanol–water partition coefficient (Wildman–Crippen LogP) is 1.54. The molecule has 0 fully saturated rings. The van der Waals surface area contributed by atoms with Gasteiger partial charge in [0.05, 0.1) is 11.4 Å². The van der Waals surface area contributed by atoms with E-state index >= 15 is 0 Å². The van der Waals surface area contributed by atoms with Crippen LogP contribution in [0, 0.1) is 6.92 Å². The van der Waals surface area contributed by atoms with Crippen molar-refractivity contribution in [3.8, 4) is 5.82 Å². The van der Waals surface area contributed by atoms with E-state index in [0.29, 0.717) is 18.0 Å². The fourth-order valence-electron chi connectivity index (χ4n) is 2.83. The Balaban J connectivity index is 1.89. The molecule has 0 atom stereocenters. The minimum Gasteiger partial charge on any atom is -0.378 e. The van der Waals surface area contributed by atoms with Crippen molar-refractivity contribution in [1.29, 1.82) is 0 Å². The van der Waals surface area contributed by atoms with Gasteiger partial charge in [-0.15, -0.1) is 5.10 Å². The van der Waals surface area contributed by atoms with Crippen LogP contribution >= 0.6 is 0 Å². The van der Waals surface area contributed by atoms with E-state index in [1.54, 1.807) is 0 Å². The second kappa shape index (κ2) is 9.27. The van der Waals surface area contributed by atoms with Crippen LogP contribution in [0.5, 0.6) is 0 Å². The number of aromatic nitrogens is 5. The Labute approximate surface area is 173 Å². The summed E-state index contributed by atoms with van der Waals surface area (Å²) in [6.45, 7) is 9.85. The zero-order valence-corrected chi connectivity index (χ0v) is 17.5. The quantitative estimate of drug-likeness (QED) is 0.420. The third-order valence-corrected chi connectivity index (χ3v) is 4.74. The van der Waals surface area contributed by atoms with Crippen molar-refractivity contribution in [2.45, 2.75) is 34.2 Å². The number of rotatable bonds is 8. The molecule has 2 aromatic heterocycles. The number of hydrazone groups is 1. The maximum Gasteiger partial charge on any atom is 0.293 e. The Bertz CT molecular complexity index is 1030. The second-order valence-electron chi connectivity index (χ2n) is 6.74. The summed E-state index contributed by atoms with van der Waals surface area (Å²) < 4.78 is 6.04. The number of amides is 1. The number of benzene rings is 1. The lowest BCUT2D eigenvalue weighted by molar-refractivity contribution is 0.0947. The van der Waals surface area contributed by atoms with Crippen molar-refractivity contribution in [2.75, 3.05) is 18.8 Å². The normalized spacial score (nSPS) is 11.8. The Morgan fingerprint density at radius 2 is 1.93 bits per heavy atom. The topological polar surface area (TPSA) is 140 Å². The number of hydrogen-bond donors (Lipinski definition) is 2. The number of carbonyl (C=O) groups excluding carboxylic acids is 1. The van der Waals surface area contributed by atoms with Gasteiger partial charge in [0, 0.05) is 6.54 Å². The number of nitrogen functional groups attached to an aromatic ring is 1. The van der Waals surface area contributed by atoms with Gasteiger partial charge in [0.1, 0.15) is 0 Å². The molecule has 1 amide bonds. The molecule has 3 N–H and O–H groups in total. The van der Waals surface area contributed by atoms with Crippen LogP contribution in [-0.2, 0) is 6.54 Å². The van der Waals surface area contributed by atoms with Gasteiger partial charge in [0.2, 0.25) is 11.6 Å². The summed E-state index contributed by atoms with van der Waals surface area (Å²) in [6.07, 6.45) is 0. The number of hydrogen-bond acceptors (Lipinski definition) is 9. The van der Waals surface area contributed by atoms with Crippen LogP contribution in [0.15, 0.2) is 34.0 Å². The molecular formula is C19H25N9O2. The highest BCUT2D eigenvalue weighted by Gasteiger charge is 2.25. The Hall–Kier alpha value is -3.60. The largest absolute Gasteiger partial charge is 0.378 e. The molecule has 0 saturated carbocycles. The third kappa shape index (κ3) is 4.51. The monoisotopic (exact) mass is 411 g/mol. The molecule has 2 heterocycles. The standard InChI is InChI=1S/C19H25N9O2/c1-5-27(6-2)11-15-16(22-26-28(15)18-17(20)24-30-25-18)19(29)23-21-13(4)14-9-7-12(3)8-10-14/h7-10H,5-6,11H2,1-4H3,(H2,20,24)(H,23,29). The average Bonchev–Trinajstić information content (AvgIpc) is 3.35. The van der Waals surface area contributed by atoms with Crippen LogP contribution in [0.4, 0.5) is 5.82 Å². The maximum atomic E-state index is 12.8. The maximum absolute atomic E-state index is 12.8. The molecule has 11 nitrogen and oxygen atoms in total. The number of anilines is 1. The van der Waals surface area contributed by atoms with Crippen molar-refractivity contribution < 1.29 is 9.42 Å². The number of aryl methyl sites for hydroxylation is 1. The third-order valence-electron chi connectivity index (χ3n) is 4.74. The SMILES string of the molecule is CCN(CC)Cc1c(C(=O)NN=C(C)c2ccc(C)cc2)nnn1-c1nonc1N. The van der Waals surface area contributed by atoms with Gasteiger partial charge >= 0.3 is 0 Å². The molecular weight excluding hydrogens is 386 g/mol. The van der Waals surface area contributed by atoms with E-state index in [4.69, 9.17) is 5.73 Å². The van der Waals surface area contributed by atoms with E-state index in [9.17, 15) is 4.79 Å². The van der Waals surface area contributed by atoms with Gasteiger partial charge in [-0.05, 0) is 42.8 Å². The van der Waals surface area contributed by atoms with Crippen LogP contribution in [0.25, 0.3) is 5.82 Å². The summed E-state index contributed by atoms with van der Waals surface area (Å²) in [5.41, 5.74) is 11.7. The summed E-state index contributed by atoms with van der Waals surface area (Å²) in [6, 6.07) is 7.87. The van der Waals surface area contributed by atoms with Crippen LogP contribution in [0.1, 0.15) is 48.1 Å². The van der Waals surface area contributed by atoms with Crippen molar-refractivity contribution in [3.63, 3.8) is 0 Å². The Morgan fingerprint density at radius 3 is 2.53 bits per heavy atom. The van der Waals surface area contributed by atoms with E-state index in [1.165, 1.54) is 4.68 Å². The van der Waals surface area contributed by atoms with Gasteiger partial charge in [0.25, 0.3) is 5.91 Å². The summed E-state index contributed by atoms with van der Waals surface area (Å²) >= 11 is 0. The summed E-state index contributed by atoms with van der Waals surface area (Å²) in [4.78, 5) is 14.9. The molecule has 0 aliphatic carbocycles. The Kier molecular flexibility index (Phi) is 6.52. The molecule has 0 spiro atoms. The minimum absolute atomic E-state index is 0.0564. The molecule has 158 valence electrons. The van der Waals surface area contributed by atoms with Gasteiger partial charge in [-0.3, -0.25) is 9.69 Å². The first kappa shape index (κ1) is 21.1. The molecule has 1 aromatic carbocycles. The highest BCUT2D eigenvalue weighted by molar-refractivity contribution is 6.00. The fraction of sp³-hybridized carbons (Fsp3) is 0.368. The van der Waals surface area contributed by atoms with Crippen molar-refractivity contribution in [3.05, 3.63) is 46.8 Å². The van der Waals surface area contributed by atoms with Crippen molar-refractivity contribution in [2.24, 2.45) is 5.10 Å². The van der Waals surface area contributed by atoms with E-state index < -0.39 is 5.91 Å². The zero-order chi connectivity index (χ0) is 21.7. The summed E-state index contributed by atoms with van der Waals surface area (Å²) in [5, 5.41) is 19.6. The lowest BCUT2D eigenvalue weighted by Crippen LogP contribution is -2.27. The van der Waals surface area contributed by atoms with Crippen LogP contribution in [0.2, 0.25) is 0 Å². The van der Waals surface area contributed by atoms with Gasteiger partial charge in [-0.25, -0.2) is 10.1 Å². The van der Waals surface area contributed by atoms with Crippen LogP contribution in [0.3, 0.4) is 0 Å². The predicted molar refractivity (Wildman–Crippen MR) is 111 cm³/mol. The molecule has 3 aromatic rings. The number of nitrogens with two attached hydrogens (primary N) is 1. The van der Waals surface area contributed by atoms with E-state index in [1.807, 2.05) is 52.0 Å². The molecule has 30 heavy (non-hydrogen) atoms. The molecule has 0 saturated heterocycles. The second-order valence-corrected chi connectivity index (χ2v) is 6.74. The number of nitrogens with one attached hydrogen (secondary N) is 1. The van der Waals surface area contributed by atoms with Crippen molar-refractivity contribution in [1.82, 2.24) is 35.6 Å². The molecule has 0 aliphatic rings. The highest BCUT2D eigenvalue weighted by Crippen LogP contribution is 2.17. The zero-order valence-electron chi connectivity index (χ0n) is 17.5. The highest BCUT2D eigenvalue weighted by atomic mass is 16.6. The molecule has 0 radical (unpaired) electrons. The summed E-state index contributed by atoms with van der Waals surface area (Å²) in [7, 11) is 0. The number of carbonyl (C=O) groups is 1. The van der Waals surface area contributed by atoms with Crippen molar-refractivity contribution >= 4 is 17.4 Å². The van der Waals surface area contributed by atoms with Crippen LogP contribution < -0.4 is 11.2 Å². The van der Waals surface area contributed by atoms with Gasteiger partial charge in [-0.2, -0.15) is 9.78 Å². The van der Waals surface area contributed by atoms with E-state index in [2.05, 4.69) is 40.7 Å². The lowest BCUT2D eigenvalue weighted by atomic mass is 10.1. The van der Waals surface area contributed by atoms with Gasteiger partial charge < -0.3 is 5.73 Å². The Morgan fingerprint density at radius 1 is 1.23 bits per heavy atom. The first-order valence-electron chi connectivity index (χ1n) is 9.61. The van der Waals surface area contributed by atoms with E-state index in [0.717, 1.165) is 24.2 Å². The molecule has 11 heteroatoms. The summed E-state index contributed by atoms with van der Waals surface area (Å²) in [5.74, 6) is -0.242. The average molecular weight is 411 g/mol. The number of nitrogens with zero attached hydrogens (tertiary/aromatic N) is 7. The van der Waals surface area contributed by atoms with Gasteiger partial charge in [-0.1, -0.05) is 48.9 Å². The smallest absolute Gasteiger partial charge is 0.293 e. The molecule has 0 aliphatic heterocycles. The first-order chi connectivity index (χ1) is 14.4. The first-order valence-corrected chi connectivity index (χ1v) is 9.61. The van der Waals surface area contributed by atoms with Crippen LogP contribution in [-0.4, -0.2) is 54.9 Å². The fourth-order valence-corrected chi connectivity index (χ4v) is 2.83. The molecule has 0 bridgehead atoms. The minimum atomic E-state index is -0.482. The molecule has 3 rings (SSSR count).